The van der Waals surface area contributed by atoms with E-state index in [1.54, 1.807) is 22.7 Å². The summed E-state index contributed by atoms with van der Waals surface area (Å²) in [4.78, 5) is 2.42. The molecule has 2 rings (SSSR count). The minimum atomic E-state index is 0.0501. The summed E-state index contributed by atoms with van der Waals surface area (Å²) in [6.07, 6.45) is 0.844. The van der Waals surface area contributed by atoms with Crippen LogP contribution in [0.15, 0.2) is 28.1 Å². The van der Waals surface area contributed by atoms with E-state index in [0.717, 1.165) is 15.2 Å². The predicted molar refractivity (Wildman–Crippen MR) is 72.0 cm³/mol. The van der Waals surface area contributed by atoms with Gasteiger partial charge in [-0.1, -0.05) is 11.6 Å². The van der Waals surface area contributed by atoms with Crippen LogP contribution < -0.4 is 5.73 Å². The quantitative estimate of drug-likeness (QED) is 0.886. The molecule has 0 saturated carbocycles. The topological polar surface area (TPSA) is 26.0 Å². The van der Waals surface area contributed by atoms with Crippen molar-refractivity contribution in [1.82, 2.24) is 0 Å². The van der Waals surface area contributed by atoms with E-state index in [2.05, 4.69) is 15.9 Å². The molecule has 80 valence electrons. The first kappa shape index (κ1) is 11.6. The Balaban J connectivity index is 2.10. The molecule has 15 heavy (non-hydrogen) atoms. The maximum atomic E-state index is 6.13. The molecule has 5 heteroatoms. The van der Waals surface area contributed by atoms with E-state index in [9.17, 15) is 0 Å². The molecule has 1 unspecified atom stereocenters. The van der Waals surface area contributed by atoms with Crippen molar-refractivity contribution in [3.63, 3.8) is 0 Å². The summed E-state index contributed by atoms with van der Waals surface area (Å²) in [7, 11) is 0. The van der Waals surface area contributed by atoms with Crippen LogP contribution in [-0.2, 0) is 6.42 Å². The third kappa shape index (κ3) is 2.82. The molecule has 0 amide bonds. The molecule has 0 aliphatic rings. The summed E-state index contributed by atoms with van der Waals surface area (Å²) < 4.78 is 1.92. The Bertz CT molecular complexity index is 452. The van der Waals surface area contributed by atoms with Crippen LogP contribution in [-0.4, -0.2) is 0 Å². The van der Waals surface area contributed by atoms with Gasteiger partial charge in [-0.25, -0.2) is 0 Å². The van der Waals surface area contributed by atoms with Crippen LogP contribution >= 0.6 is 50.2 Å². The number of rotatable bonds is 3. The van der Waals surface area contributed by atoms with Crippen LogP contribution in [0.2, 0.25) is 4.34 Å². The summed E-state index contributed by atoms with van der Waals surface area (Å²) in [5.74, 6) is 0. The fourth-order valence-corrected chi connectivity index (χ4v) is 4.16. The van der Waals surface area contributed by atoms with Gasteiger partial charge in [-0.3, -0.25) is 0 Å². The molecular weight excluding hydrogens is 314 g/mol. The summed E-state index contributed by atoms with van der Waals surface area (Å²) in [5.41, 5.74) is 6.13. The van der Waals surface area contributed by atoms with Gasteiger partial charge >= 0.3 is 0 Å². The lowest BCUT2D eigenvalue weighted by Crippen LogP contribution is -2.11. The molecule has 2 aromatic heterocycles. The van der Waals surface area contributed by atoms with E-state index in [-0.39, 0.29) is 6.04 Å². The lowest BCUT2D eigenvalue weighted by molar-refractivity contribution is 0.742. The van der Waals surface area contributed by atoms with Crippen LogP contribution in [0.4, 0.5) is 0 Å². The molecule has 0 fully saturated rings. The highest BCUT2D eigenvalue weighted by molar-refractivity contribution is 9.10. The molecule has 1 atom stereocenters. The van der Waals surface area contributed by atoms with Crippen LogP contribution in [0.5, 0.6) is 0 Å². The Morgan fingerprint density at radius 1 is 1.40 bits per heavy atom. The average Bonchev–Trinajstić information content (AvgIpc) is 2.75. The van der Waals surface area contributed by atoms with Gasteiger partial charge < -0.3 is 5.73 Å². The smallest absolute Gasteiger partial charge is 0.0931 e. The fraction of sp³-hybridized carbons (Fsp3) is 0.200. The van der Waals surface area contributed by atoms with Crippen molar-refractivity contribution < 1.29 is 0 Å². The van der Waals surface area contributed by atoms with Gasteiger partial charge in [-0.15, -0.1) is 22.7 Å². The van der Waals surface area contributed by atoms with Crippen molar-refractivity contribution in [1.29, 1.82) is 0 Å². The van der Waals surface area contributed by atoms with Crippen LogP contribution in [0.1, 0.15) is 15.8 Å². The summed E-state index contributed by atoms with van der Waals surface area (Å²) in [6, 6.07) is 6.03. The molecule has 0 aliphatic carbocycles. The highest BCUT2D eigenvalue weighted by atomic mass is 79.9. The van der Waals surface area contributed by atoms with Crippen molar-refractivity contribution in [2.24, 2.45) is 5.73 Å². The molecule has 0 spiro atoms. The van der Waals surface area contributed by atoms with Crippen molar-refractivity contribution >= 4 is 50.2 Å². The molecule has 2 N–H and O–H groups in total. The van der Waals surface area contributed by atoms with Gasteiger partial charge in [0.15, 0.2) is 0 Å². The SMILES string of the molecule is NC(Cc1ccc(Cl)s1)c1sccc1Br. The molecule has 0 aliphatic heterocycles. The Kier molecular flexibility index (Phi) is 3.85. The lowest BCUT2D eigenvalue weighted by Gasteiger charge is -2.08. The third-order valence-corrected chi connectivity index (χ3v) is 5.29. The highest BCUT2D eigenvalue weighted by Gasteiger charge is 2.12. The highest BCUT2D eigenvalue weighted by Crippen LogP contribution is 2.31. The lowest BCUT2D eigenvalue weighted by atomic mass is 10.1. The van der Waals surface area contributed by atoms with Gasteiger partial charge in [0.25, 0.3) is 0 Å². The standard InChI is InChI=1S/C10H9BrClNS2/c11-7-3-4-14-10(7)8(13)5-6-1-2-9(12)15-6/h1-4,8H,5,13H2. The molecule has 0 bridgehead atoms. The van der Waals surface area contributed by atoms with E-state index in [4.69, 9.17) is 17.3 Å². The Hall–Kier alpha value is 0.130. The van der Waals surface area contributed by atoms with Gasteiger partial charge in [0, 0.05) is 26.7 Å². The second kappa shape index (κ2) is 4.97. The van der Waals surface area contributed by atoms with Crippen molar-refractivity contribution in [2.75, 3.05) is 0 Å². The zero-order valence-corrected chi connectivity index (χ0v) is 11.7. The molecule has 1 nitrogen and oxygen atoms in total. The summed E-state index contributed by atoms with van der Waals surface area (Å²) >= 11 is 12.6. The molecule has 0 saturated heterocycles. The fourth-order valence-electron chi connectivity index (χ4n) is 1.34. The molecule has 2 heterocycles. The molecule has 2 aromatic rings. The van der Waals surface area contributed by atoms with Crippen LogP contribution in [0, 0.1) is 0 Å². The minimum absolute atomic E-state index is 0.0501. The van der Waals surface area contributed by atoms with Gasteiger partial charge in [0.1, 0.15) is 0 Å². The second-order valence-corrected chi connectivity index (χ2v) is 6.75. The Morgan fingerprint density at radius 3 is 2.73 bits per heavy atom. The maximum Gasteiger partial charge on any atom is 0.0931 e. The Labute approximate surface area is 110 Å². The van der Waals surface area contributed by atoms with E-state index < -0.39 is 0 Å². The van der Waals surface area contributed by atoms with Gasteiger partial charge in [-0.2, -0.15) is 0 Å². The summed E-state index contributed by atoms with van der Waals surface area (Å²) in [5, 5.41) is 2.04. The Morgan fingerprint density at radius 2 is 2.20 bits per heavy atom. The van der Waals surface area contributed by atoms with Gasteiger partial charge in [0.05, 0.1) is 4.34 Å². The normalized spacial score (nSPS) is 13.0. The summed E-state index contributed by atoms with van der Waals surface area (Å²) in [6.45, 7) is 0. The first-order valence-electron chi connectivity index (χ1n) is 4.39. The van der Waals surface area contributed by atoms with E-state index in [1.807, 2.05) is 23.6 Å². The van der Waals surface area contributed by atoms with Crippen LogP contribution in [0.25, 0.3) is 0 Å². The van der Waals surface area contributed by atoms with E-state index in [1.165, 1.54) is 9.75 Å². The molecule has 0 aromatic carbocycles. The largest absolute Gasteiger partial charge is 0.323 e. The number of hydrogen-bond donors (Lipinski definition) is 1. The van der Waals surface area contributed by atoms with Gasteiger partial charge in [-0.05, 0) is 39.5 Å². The first-order chi connectivity index (χ1) is 7.16. The number of thiophene rings is 2. The van der Waals surface area contributed by atoms with Crippen molar-refractivity contribution in [3.05, 3.63) is 42.1 Å². The first-order valence-corrected chi connectivity index (χ1v) is 7.26. The number of halogens is 2. The second-order valence-electron chi connectivity index (χ2n) is 3.15. The minimum Gasteiger partial charge on any atom is -0.323 e. The molecule has 0 radical (unpaired) electrons. The monoisotopic (exact) mass is 321 g/mol. The van der Waals surface area contributed by atoms with E-state index >= 15 is 0 Å². The maximum absolute atomic E-state index is 6.13. The zero-order chi connectivity index (χ0) is 10.8. The van der Waals surface area contributed by atoms with Crippen molar-refractivity contribution in [3.8, 4) is 0 Å². The van der Waals surface area contributed by atoms with Gasteiger partial charge in [0.2, 0.25) is 0 Å². The van der Waals surface area contributed by atoms with E-state index in [0.29, 0.717) is 0 Å². The predicted octanol–water partition coefficient (Wildman–Crippen LogP) is 4.47. The number of nitrogens with two attached hydrogens (primary N) is 1. The zero-order valence-electron chi connectivity index (χ0n) is 7.74. The molecular formula is C10H9BrClNS2. The number of hydrogen-bond acceptors (Lipinski definition) is 3. The van der Waals surface area contributed by atoms with Crippen LogP contribution in [0.3, 0.4) is 0 Å². The average molecular weight is 323 g/mol. The third-order valence-electron chi connectivity index (χ3n) is 2.03. The van der Waals surface area contributed by atoms with Crippen molar-refractivity contribution in [2.45, 2.75) is 12.5 Å².